The third-order valence-electron chi connectivity index (χ3n) is 4.21. The van der Waals surface area contributed by atoms with E-state index in [4.69, 9.17) is 9.47 Å². The Labute approximate surface area is 173 Å². The molecule has 0 atom stereocenters. The smallest absolute Gasteiger partial charge is 0.387 e. The molecule has 0 unspecified atom stereocenters. The summed E-state index contributed by atoms with van der Waals surface area (Å²) in [5.74, 6) is 1.02. The number of hydrogen-bond acceptors (Lipinski definition) is 4. The number of rotatable bonds is 9. The number of allylic oxidation sites excluding steroid dienone is 1. The number of ether oxygens (including phenoxy) is 3. The van der Waals surface area contributed by atoms with Crippen LogP contribution in [0.3, 0.4) is 0 Å². The lowest BCUT2D eigenvalue weighted by molar-refractivity contribution is -0.0498. The number of carbonyl (C=O) groups excluding carboxylic acids is 1. The SMILES string of the molecule is COc1ccc(/C=C/C(=O)c2cccc(OC(F)F)c2)cc1COc1ccccc1. The van der Waals surface area contributed by atoms with Crippen LogP contribution in [-0.4, -0.2) is 19.5 Å². The highest BCUT2D eigenvalue weighted by Crippen LogP contribution is 2.23. The van der Waals surface area contributed by atoms with Crippen LogP contribution in [-0.2, 0) is 6.61 Å². The van der Waals surface area contributed by atoms with Crippen molar-refractivity contribution < 1.29 is 27.8 Å². The molecular formula is C24H20F2O4. The molecule has 6 heteroatoms. The molecule has 0 radical (unpaired) electrons. The third kappa shape index (κ3) is 5.91. The summed E-state index contributed by atoms with van der Waals surface area (Å²) in [5.41, 5.74) is 1.85. The Bertz CT molecular complexity index is 1020. The molecule has 0 aromatic heterocycles. The van der Waals surface area contributed by atoms with E-state index in [-0.39, 0.29) is 17.1 Å². The van der Waals surface area contributed by atoms with E-state index in [0.717, 1.165) is 16.9 Å². The molecule has 0 N–H and O–H groups in total. The molecule has 0 fully saturated rings. The van der Waals surface area contributed by atoms with Crippen molar-refractivity contribution in [3.8, 4) is 17.2 Å². The summed E-state index contributed by atoms with van der Waals surface area (Å²) in [6.07, 6.45) is 3.03. The van der Waals surface area contributed by atoms with Crippen LogP contribution < -0.4 is 14.2 Å². The molecule has 4 nitrogen and oxygen atoms in total. The summed E-state index contributed by atoms with van der Waals surface area (Å²) in [5, 5.41) is 0. The summed E-state index contributed by atoms with van der Waals surface area (Å²) in [6, 6.07) is 20.6. The van der Waals surface area contributed by atoms with Gasteiger partial charge in [0, 0.05) is 11.1 Å². The van der Waals surface area contributed by atoms with E-state index in [1.165, 1.54) is 30.3 Å². The van der Waals surface area contributed by atoms with Crippen molar-refractivity contribution in [3.05, 3.63) is 95.6 Å². The van der Waals surface area contributed by atoms with Gasteiger partial charge in [0.05, 0.1) is 7.11 Å². The Kier molecular flexibility index (Phi) is 7.16. The average Bonchev–Trinajstić information content (AvgIpc) is 2.76. The molecule has 3 rings (SSSR count). The van der Waals surface area contributed by atoms with Crippen molar-refractivity contribution in [1.82, 2.24) is 0 Å². The number of ketones is 1. The summed E-state index contributed by atoms with van der Waals surface area (Å²) < 4.78 is 40.2. The van der Waals surface area contributed by atoms with Gasteiger partial charge in [-0.1, -0.05) is 42.5 Å². The van der Waals surface area contributed by atoms with Crippen LogP contribution in [0, 0.1) is 0 Å². The van der Waals surface area contributed by atoms with Crippen molar-refractivity contribution in [2.75, 3.05) is 7.11 Å². The standard InChI is InChI=1S/C24H20F2O4/c1-28-23-13-11-17(14-19(23)16-29-20-7-3-2-4-8-20)10-12-22(27)18-6-5-9-21(15-18)30-24(25)26/h2-15,24H,16H2,1H3/b12-10+. The van der Waals surface area contributed by atoms with Gasteiger partial charge in [0.2, 0.25) is 0 Å². The fourth-order valence-electron chi connectivity index (χ4n) is 2.79. The van der Waals surface area contributed by atoms with Crippen molar-refractivity contribution in [3.63, 3.8) is 0 Å². The minimum atomic E-state index is -2.94. The summed E-state index contributed by atoms with van der Waals surface area (Å²) in [4.78, 5) is 12.4. The van der Waals surface area contributed by atoms with Gasteiger partial charge >= 0.3 is 6.61 Å². The Balaban J connectivity index is 1.72. The quantitative estimate of drug-likeness (QED) is 0.332. The zero-order valence-electron chi connectivity index (χ0n) is 16.3. The summed E-state index contributed by atoms with van der Waals surface area (Å²) >= 11 is 0. The predicted octanol–water partition coefficient (Wildman–Crippen LogP) is 5.77. The lowest BCUT2D eigenvalue weighted by Gasteiger charge is -2.11. The van der Waals surface area contributed by atoms with E-state index in [0.29, 0.717) is 12.4 Å². The maximum absolute atomic E-state index is 12.4. The van der Waals surface area contributed by atoms with Gasteiger partial charge in [0.15, 0.2) is 5.78 Å². The predicted molar refractivity (Wildman–Crippen MR) is 110 cm³/mol. The van der Waals surface area contributed by atoms with Gasteiger partial charge in [-0.05, 0) is 48.0 Å². The molecule has 0 amide bonds. The van der Waals surface area contributed by atoms with Gasteiger partial charge < -0.3 is 14.2 Å². The van der Waals surface area contributed by atoms with Crippen molar-refractivity contribution in [2.45, 2.75) is 13.2 Å². The van der Waals surface area contributed by atoms with Crippen LogP contribution >= 0.6 is 0 Å². The molecular weight excluding hydrogens is 390 g/mol. The third-order valence-corrected chi connectivity index (χ3v) is 4.21. The van der Waals surface area contributed by atoms with Gasteiger partial charge in [0.25, 0.3) is 0 Å². The van der Waals surface area contributed by atoms with Crippen LogP contribution in [0.2, 0.25) is 0 Å². The zero-order chi connectivity index (χ0) is 21.3. The summed E-state index contributed by atoms with van der Waals surface area (Å²) in [7, 11) is 1.58. The van der Waals surface area contributed by atoms with Gasteiger partial charge in [-0.25, -0.2) is 0 Å². The van der Waals surface area contributed by atoms with E-state index in [2.05, 4.69) is 4.74 Å². The molecule has 0 aliphatic rings. The highest BCUT2D eigenvalue weighted by molar-refractivity contribution is 6.07. The molecule has 0 heterocycles. The first-order valence-electron chi connectivity index (χ1n) is 9.17. The summed E-state index contributed by atoms with van der Waals surface area (Å²) in [6.45, 7) is -2.64. The molecule has 3 aromatic carbocycles. The van der Waals surface area contributed by atoms with E-state index in [1.807, 2.05) is 42.5 Å². The fraction of sp³-hybridized carbons (Fsp3) is 0.125. The second-order valence-electron chi connectivity index (χ2n) is 6.28. The highest BCUT2D eigenvalue weighted by atomic mass is 19.3. The Hall–Kier alpha value is -3.67. The average molecular weight is 410 g/mol. The molecule has 0 bridgehead atoms. The first kappa shape index (κ1) is 21.0. The number of methoxy groups -OCH3 is 1. The highest BCUT2D eigenvalue weighted by Gasteiger charge is 2.09. The molecule has 0 spiro atoms. The normalized spacial score (nSPS) is 10.9. The van der Waals surface area contributed by atoms with E-state index < -0.39 is 6.61 Å². The Morgan fingerprint density at radius 2 is 1.73 bits per heavy atom. The van der Waals surface area contributed by atoms with Crippen molar-refractivity contribution in [1.29, 1.82) is 0 Å². The van der Waals surface area contributed by atoms with Crippen molar-refractivity contribution in [2.24, 2.45) is 0 Å². The number of alkyl halides is 2. The first-order chi connectivity index (χ1) is 14.5. The molecule has 30 heavy (non-hydrogen) atoms. The van der Waals surface area contributed by atoms with Crippen molar-refractivity contribution >= 4 is 11.9 Å². The monoisotopic (exact) mass is 410 g/mol. The van der Waals surface area contributed by atoms with E-state index >= 15 is 0 Å². The number of benzene rings is 3. The fourth-order valence-corrected chi connectivity index (χ4v) is 2.79. The topological polar surface area (TPSA) is 44.8 Å². The molecule has 0 aliphatic heterocycles. The minimum absolute atomic E-state index is 0.0611. The lowest BCUT2D eigenvalue weighted by Crippen LogP contribution is -2.03. The van der Waals surface area contributed by atoms with Gasteiger partial charge in [-0.3, -0.25) is 4.79 Å². The second-order valence-corrected chi connectivity index (χ2v) is 6.28. The molecule has 0 saturated carbocycles. The van der Waals surface area contributed by atoms with Gasteiger partial charge in [-0.2, -0.15) is 8.78 Å². The number of para-hydroxylation sites is 1. The van der Waals surface area contributed by atoms with Gasteiger partial charge in [-0.15, -0.1) is 0 Å². The van der Waals surface area contributed by atoms with E-state index in [9.17, 15) is 13.6 Å². The molecule has 0 aliphatic carbocycles. The van der Waals surface area contributed by atoms with Gasteiger partial charge in [0.1, 0.15) is 23.9 Å². The number of halogens is 2. The van der Waals surface area contributed by atoms with Crippen LogP contribution in [0.25, 0.3) is 6.08 Å². The molecule has 3 aromatic rings. The van der Waals surface area contributed by atoms with E-state index in [1.54, 1.807) is 19.3 Å². The van der Waals surface area contributed by atoms with Crippen LogP contribution in [0.5, 0.6) is 17.2 Å². The maximum Gasteiger partial charge on any atom is 0.387 e. The van der Waals surface area contributed by atoms with Crippen LogP contribution in [0.4, 0.5) is 8.78 Å². The lowest BCUT2D eigenvalue weighted by atomic mass is 10.1. The van der Waals surface area contributed by atoms with Crippen LogP contribution in [0.1, 0.15) is 21.5 Å². The molecule has 154 valence electrons. The largest absolute Gasteiger partial charge is 0.496 e. The Morgan fingerprint density at radius 1 is 0.967 bits per heavy atom. The maximum atomic E-state index is 12.4. The first-order valence-corrected chi connectivity index (χ1v) is 9.17. The Morgan fingerprint density at radius 3 is 2.47 bits per heavy atom. The number of hydrogen-bond donors (Lipinski definition) is 0. The minimum Gasteiger partial charge on any atom is -0.496 e. The number of carbonyl (C=O) groups is 1. The zero-order valence-corrected chi connectivity index (χ0v) is 16.3. The van der Waals surface area contributed by atoms with Crippen LogP contribution in [0.15, 0.2) is 78.9 Å². The molecule has 0 saturated heterocycles. The second kappa shape index (κ2) is 10.2.